The van der Waals surface area contributed by atoms with E-state index >= 15 is 0 Å². The van der Waals surface area contributed by atoms with Gasteiger partial charge in [-0.15, -0.1) is 0 Å². The van der Waals surface area contributed by atoms with E-state index in [1.807, 2.05) is 0 Å². The molecule has 0 aromatic heterocycles. The second-order valence-corrected chi connectivity index (χ2v) is 0. The molecule has 0 heterocycles. The van der Waals surface area contributed by atoms with Crippen molar-refractivity contribution in [2.75, 3.05) is 0 Å². The van der Waals surface area contributed by atoms with Crippen LogP contribution in [0.4, 0.5) is 0 Å². The van der Waals surface area contributed by atoms with E-state index < -0.39 is 0 Å². The molecule has 0 unspecified atom stereocenters. The first-order chi connectivity index (χ1) is 0. The second kappa shape index (κ2) is 25.8. The maximum atomic E-state index is 0. The maximum absolute atomic E-state index is 0. The van der Waals surface area contributed by atoms with Gasteiger partial charge < -0.3 is 30.3 Å². The molecule has 4 heavy (non-hydrogen) atoms. The fourth-order valence-electron chi connectivity index (χ4n) is 0. The predicted molar refractivity (Wildman–Crippen MR) is 3.61 cm³/mol. The summed E-state index contributed by atoms with van der Waals surface area (Å²) in [5, 5.41) is 0. The Balaban J connectivity index is 0. The number of rotatable bonds is 0. The maximum Gasteiger partial charge on any atom is 0 e. The van der Waals surface area contributed by atoms with Crippen LogP contribution in [0.2, 0.25) is 0 Å². The van der Waals surface area contributed by atoms with E-state index in [9.17, 15) is 0 Å². The average Bonchev–Trinajstić information content (AvgIpc) is 0. The largest absolute Gasteiger partial charge is 1.00 e. The molecule has 0 aliphatic heterocycles. The van der Waals surface area contributed by atoms with E-state index in [2.05, 4.69) is 0 Å². The minimum Gasteiger partial charge on any atom is -1.00 e. The zero-order chi connectivity index (χ0) is 0. The zero-order valence-electron chi connectivity index (χ0n) is 1.83. The second-order valence-electron chi connectivity index (χ2n) is 0. The normalized spacial score (nSPS) is 0. The SMILES string of the molecule is O.[Cl-].[Cl-].[Sc]. The van der Waals surface area contributed by atoms with Crippen molar-refractivity contribution >= 4 is 0 Å². The summed E-state index contributed by atoms with van der Waals surface area (Å²) in [6.07, 6.45) is 0. The summed E-state index contributed by atoms with van der Waals surface area (Å²) in [6, 6.07) is 0. The third-order valence-electron chi connectivity index (χ3n) is 0. The standard InChI is InChI=1S/2ClH.H2O.Sc/h2*1H;1H2;/p-2. The molecule has 1 nitrogen and oxygen atoms in total. The molecule has 0 aliphatic carbocycles. The molecule has 27 valence electrons. The number of halogens is 2. The van der Waals surface area contributed by atoms with Crippen LogP contribution < -0.4 is 24.8 Å². The van der Waals surface area contributed by atoms with E-state index in [1.54, 1.807) is 0 Å². The number of hydrogen-bond donors (Lipinski definition) is 0. The minimum absolute atomic E-state index is 0. The van der Waals surface area contributed by atoms with Crippen molar-refractivity contribution in [3.8, 4) is 0 Å². The summed E-state index contributed by atoms with van der Waals surface area (Å²) in [7, 11) is 0. The molecule has 0 bridgehead atoms. The Hall–Kier alpha value is 1.41. The molecular formula is H2Cl2OSc-2. The molecule has 1 radical (unpaired) electrons. The minimum atomic E-state index is 0. The first kappa shape index (κ1) is 52.9. The molecule has 0 aromatic rings. The van der Waals surface area contributed by atoms with Gasteiger partial charge in [-0.3, -0.25) is 0 Å². The van der Waals surface area contributed by atoms with Gasteiger partial charge in [0.15, 0.2) is 0 Å². The molecule has 4 heteroatoms. The summed E-state index contributed by atoms with van der Waals surface area (Å²) in [5.41, 5.74) is 0. The van der Waals surface area contributed by atoms with Crippen LogP contribution in [0.5, 0.6) is 0 Å². The topological polar surface area (TPSA) is 31.5 Å². The molecule has 0 saturated heterocycles. The van der Waals surface area contributed by atoms with Crippen molar-refractivity contribution < 1.29 is 56.1 Å². The van der Waals surface area contributed by atoms with Crippen LogP contribution in [0, 0.1) is 0 Å². The Morgan fingerprint density at radius 1 is 0.750 bits per heavy atom. The molecule has 0 aromatic carbocycles. The van der Waals surface area contributed by atoms with Crippen molar-refractivity contribution in [3.05, 3.63) is 0 Å². The first-order valence-corrected chi connectivity index (χ1v) is 0. The fraction of sp³-hybridized carbons (Fsp3) is 0. The van der Waals surface area contributed by atoms with E-state index in [-0.39, 0.29) is 56.1 Å². The first-order valence-electron chi connectivity index (χ1n) is 0. The molecule has 0 fully saturated rings. The van der Waals surface area contributed by atoms with E-state index in [1.165, 1.54) is 0 Å². The monoisotopic (exact) mass is 133 g/mol. The predicted octanol–water partition coefficient (Wildman–Crippen LogP) is -6.82. The van der Waals surface area contributed by atoms with E-state index in [0.29, 0.717) is 0 Å². The van der Waals surface area contributed by atoms with E-state index in [4.69, 9.17) is 0 Å². The van der Waals surface area contributed by atoms with Gasteiger partial charge in [0.1, 0.15) is 0 Å². The number of hydrogen-bond acceptors (Lipinski definition) is 0. The van der Waals surface area contributed by atoms with Gasteiger partial charge in [0.25, 0.3) is 0 Å². The third-order valence-corrected chi connectivity index (χ3v) is 0. The van der Waals surface area contributed by atoms with Gasteiger partial charge in [-0.2, -0.15) is 0 Å². The Labute approximate surface area is 56.1 Å². The molecule has 0 saturated carbocycles. The summed E-state index contributed by atoms with van der Waals surface area (Å²) in [5.74, 6) is 0. The summed E-state index contributed by atoms with van der Waals surface area (Å²) in [4.78, 5) is 0. The summed E-state index contributed by atoms with van der Waals surface area (Å²) >= 11 is 0. The van der Waals surface area contributed by atoms with Crippen LogP contribution in [0.15, 0.2) is 0 Å². The van der Waals surface area contributed by atoms with Crippen LogP contribution in [0.3, 0.4) is 0 Å². The van der Waals surface area contributed by atoms with Crippen LogP contribution in [0.1, 0.15) is 0 Å². The van der Waals surface area contributed by atoms with Crippen molar-refractivity contribution in [1.82, 2.24) is 0 Å². The molecule has 0 aliphatic rings. The van der Waals surface area contributed by atoms with Gasteiger partial charge >= 0.3 is 0 Å². The molecule has 0 spiro atoms. The Morgan fingerprint density at radius 3 is 0.750 bits per heavy atom. The smallest absolute Gasteiger partial charge is 0 e. The van der Waals surface area contributed by atoms with Crippen molar-refractivity contribution in [3.63, 3.8) is 0 Å². The summed E-state index contributed by atoms with van der Waals surface area (Å²) < 4.78 is 0. The van der Waals surface area contributed by atoms with Gasteiger partial charge in [0.05, 0.1) is 0 Å². The van der Waals surface area contributed by atoms with Gasteiger partial charge in [-0.1, -0.05) is 0 Å². The van der Waals surface area contributed by atoms with Crippen LogP contribution in [-0.2, 0) is 25.8 Å². The summed E-state index contributed by atoms with van der Waals surface area (Å²) in [6.45, 7) is 0. The average molecular weight is 134 g/mol. The van der Waals surface area contributed by atoms with Crippen LogP contribution >= 0.6 is 0 Å². The van der Waals surface area contributed by atoms with Gasteiger partial charge in [0.2, 0.25) is 0 Å². The Kier molecular flexibility index (Phi) is 341. The van der Waals surface area contributed by atoms with Crippen molar-refractivity contribution in [1.29, 1.82) is 0 Å². The van der Waals surface area contributed by atoms with Crippen LogP contribution in [0.25, 0.3) is 0 Å². The fourth-order valence-corrected chi connectivity index (χ4v) is 0. The van der Waals surface area contributed by atoms with Gasteiger partial charge in [-0.25, -0.2) is 0 Å². The van der Waals surface area contributed by atoms with Gasteiger partial charge in [0, 0.05) is 25.8 Å². The third kappa shape index (κ3) is 9.96. The molecule has 0 rings (SSSR count). The molecule has 0 atom stereocenters. The van der Waals surface area contributed by atoms with Crippen molar-refractivity contribution in [2.24, 2.45) is 0 Å². The zero-order valence-corrected chi connectivity index (χ0v) is 5.15. The Morgan fingerprint density at radius 2 is 0.750 bits per heavy atom. The molecule has 0 amide bonds. The Bertz CT molecular complexity index is 6.00. The molecular weight excluding hydrogens is 132 g/mol. The molecule has 2 N–H and O–H groups in total. The van der Waals surface area contributed by atoms with Gasteiger partial charge in [-0.05, 0) is 0 Å². The van der Waals surface area contributed by atoms with Crippen molar-refractivity contribution in [2.45, 2.75) is 0 Å². The quantitative estimate of drug-likeness (QED) is 0.315. The van der Waals surface area contributed by atoms with E-state index in [0.717, 1.165) is 0 Å². The van der Waals surface area contributed by atoms with Crippen LogP contribution in [-0.4, -0.2) is 5.48 Å².